The fourth-order valence-electron chi connectivity index (χ4n) is 1.02. The van der Waals surface area contributed by atoms with E-state index < -0.39 is 4.92 Å². The number of carbonyl (C=O) groups excluding carboxylic acids is 1. The average molecular weight is 214 g/mol. The minimum absolute atomic E-state index is 0.0783. The third-order valence-corrected chi connectivity index (χ3v) is 1.89. The molecule has 14 heavy (non-hydrogen) atoms. The van der Waals surface area contributed by atoms with Crippen molar-refractivity contribution in [3.05, 3.63) is 39.9 Å². The highest BCUT2D eigenvalue weighted by molar-refractivity contribution is 6.19. The molecule has 0 heterocycles. The molecule has 4 nitrogen and oxygen atoms in total. The Hall–Kier alpha value is -1.42. The van der Waals surface area contributed by atoms with E-state index in [-0.39, 0.29) is 23.8 Å². The number of ketones is 1. The van der Waals surface area contributed by atoms with Crippen molar-refractivity contribution >= 4 is 23.1 Å². The number of hydrogen-bond donors (Lipinski definition) is 0. The number of carbonyl (C=O) groups is 1. The van der Waals surface area contributed by atoms with Gasteiger partial charge in [0.2, 0.25) is 0 Å². The maximum absolute atomic E-state index is 11.3. The Bertz CT molecular complexity index is 365. The number of halogens is 1. The van der Waals surface area contributed by atoms with E-state index in [4.69, 9.17) is 11.6 Å². The first-order chi connectivity index (χ1) is 6.65. The van der Waals surface area contributed by atoms with Gasteiger partial charge in [-0.2, -0.15) is 0 Å². The fourth-order valence-corrected chi connectivity index (χ4v) is 1.19. The van der Waals surface area contributed by atoms with Crippen LogP contribution in [0.2, 0.25) is 0 Å². The van der Waals surface area contributed by atoms with E-state index in [1.807, 2.05) is 0 Å². The van der Waals surface area contributed by atoms with Crippen LogP contribution in [0.25, 0.3) is 0 Å². The third-order valence-electron chi connectivity index (χ3n) is 1.70. The second-order valence-electron chi connectivity index (χ2n) is 2.67. The number of nitro groups is 1. The van der Waals surface area contributed by atoms with Gasteiger partial charge < -0.3 is 0 Å². The van der Waals surface area contributed by atoms with Crippen LogP contribution in [0.1, 0.15) is 16.8 Å². The molecule has 1 aromatic carbocycles. The van der Waals surface area contributed by atoms with Gasteiger partial charge in [-0.05, 0) is 0 Å². The summed E-state index contributed by atoms with van der Waals surface area (Å²) in [5.41, 5.74) is 0.255. The van der Waals surface area contributed by atoms with Gasteiger partial charge in [-0.15, -0.1) is 11.6 Å². The van der Waals surface area contributed by atoms with Crippen LogP contribution in [0.4, 0.5) is 5.69 Å². The Balaban J connectivity index is 2.93. The Morgan fingerprint density at radius 3 is 2.79 bits per heavy atom. The highest BCUT2D eigenvalue weighted by Crippen LogP contribution is 2.14. The lowest BCUT2D eigenvalue weighted by molar-refractivity contribution is -0.384. The van der Waals surface area contributed by atoms with Gasteiger partial charge in [0.05, 0.1) is 4.92 Å². The van der Waals surface area contributed by atoms with Crippen LogP contribution in [0.15, 0.2) is 24.3 Å². The molecular weight excluding hydrogens is 206 g/mol. The third kappa shape index (κ3) is 2.53. The minimum atomic E-state index is -0.530. The summed E-state index contributed by atoms with van der Waals surface area (Å²) in [6.45, 7) is 0. The first kappa shape index (κ1) is 10.7. The van der Waals surface area contributed by atoms with Crippen molar-refractivity contribution in [2.75, 3.05) is 5.88 Å². The monoisotopic (exact) mass is 213 g/mol. The predicted molar refractivity (Wildman–Crippen MR) is 52.8 cm³/mol. The number of nitrogens with zero attached hydrogens (tertiary/aromatic N) is 1. The Morgan fingerprint density at radius 2 is 2.21 bits per heavy atom. The standard InChI is InChI=1S/C9H8ClNO3/c10-5-4-9(12)7-2-1-3-8(6-7)11(13)14/h1-3,6H,4-5H2. The summed E-state index contributed by atoms with van der Waals surface area (Å²) in [4.78, 5) is 21.2. The van der Waals surface area contributed by atoms with Gasteiger partial charge in [0, 0.05) is 30.0 Å². The van der Waals surface area contributed by atoms with E-state index in [2.05, 4.69) is 0 Å². The highest BCUT2D eigenvalue weighted by Gasteiger charge is 2.10. The maximum Gasteiger partial charge on any atom is 0.270 e. The van der Waals surface area contributed by atoms with Gasteiger partial charge in [0.25, 0.3) is 5.69 Å². The molecule has 1 aromatic rings. The quantitative estimate of drug-likeness (QED) is 0.334. The first-order valence-corrected chi connectivity index (χ1v) is 4.52. The summed E-state index contributed by atoms with van der Waals surface area (Å²) in [5, 5.41) is 10.4. The topological polar surface area (TPSA) is 60.2 Å². The molecule has 0 unspecified atom stereocenters. The Morgan fingerprint density at radius 1 is 1.50 bits per heavy atom. The lowest BCUT2D eigenvalue weighted by Crippen LogP contribution is -2.00. The van der Waals surface area contributed by atoms with Crippen molar-refractivity contribution < 1.29 is 9.72 Å². The zero-order valence-electron chi connectivity index (χ0n) is 7.27. The van der Waals surface area contributed by atoms with E-state index in [9.17, 15) is 14.9 Å². The van der Waals surface area contributed by atoms with Crippen LogP contribution in [-0.2, 0) is 0 Å². The summed E-state index contributed by atoms with van der Waals surface area (Å²) in [7, 11) is 0. The van der Waals surface area contributed by atoms with Crippen molar-refractivity contribution in [2.24, 2.45) is 0 Å². The van der Waals surface area contributed by atoms with Gasteiger partial charge in [-0.1, -0.05) is 12.1 Å². The highest BCUT2D eigenvalue weighted by atomic mass is 35.5. The van der Waals surface area contributed by atoms with E-state index in [1.165, 1.54) is 18.2 Å². The Labute approximate surface area is 85.6 Å². The van der Waals surface area contributed by atoms with Crippen molar-refractivity contribution in [3.63, 3.8) is 0 Å². The van der Waals surface area contributed by atoms with E-state index in [1.54, 1.807) is 6.07 Å². The van der Waals surface area contributed by atoms with Crippen molar-refractivity contribution in [2.45, 2.75) is 6.42 Å². The smallest absolute Gasteiger partial charge is 0.270 e. The van der Waals surface area contributed by atoms with Crippen LogP contribution < -0.4 is 0 Å². The molecule has 0 saturated heterocycles. The zero-order valence-corrected chi connectivity index (χ0v) is 8.03. The predicted octanol–water partition coefficient (Wildman–Crippen LogP) is 2.41. The number of hydrogen-bond acceptors (Lipinski definition) is 3. The SMILES string of the molecule is O=C(CCCl)c1cccc([N+](=O)[O-])c1. The Kier molecular flexibility index (Phi) is 3.59. The van der Waals surface area contributed by atoms with Crippen LogP contribution >= 0.6 is 11.6 Å². The molecule has 0 aliphatic heterocycles. The minimum Gasteiger partial charge on any atom is -0.294 e. The van der Waals surface area contributed by atoms with Gasteiger partial charge in [0.1, 0.15) is 0 Å². The molecule has 0 aliphatic rings. The molecule has 0 radical (unpaired) electrons. The van der Waals surface area contributed by atoms with Gasteiger partial charge >= 0.3 is 0 Å². The summed E-state index contributed by atoms with van der Waals surface area (Å²) < 4.78 is 0. The van der Waals surface area contributed by atoms with Crippen LogP contribution in [0, 0.1) is 10.1 Å². The number of benzene rings is 1. The molecule has 0 amide bonds. The lowest BCUT2D eigenvalue weighted by atomic mass is 10.1. The molecule has 0 aromatic heterocycles. The van der Waals surface area contributed by atoms with Crippen molar-refractivity contribution in [1.82, 2.24) is 0 Å². The van der Waals surface area contributed by atoms with Gasteiger partial charge in [0.15, 0.2) is 5.78 Å². The number of rotatable bonds is 4. The molecule has 1 rings (SSSR count). The van der Waals surface area contributed by atoms with Crippen molar-refractivity contribution in [1.29, 1.82) is 0 Å². The first-order valence-electron chi connectivity index (χ1n) is 3.99. The van der Waals surface area contributed by atoms with Crippen LogP contribution in [0.3, 0.4) is 0 Å². The summed E-state index contributed by atoms with van der Waals surface area (Å²) in [5.74, 6) is 0.0466. The molecule has 5 heteroatoms. The van der Waals surface area contributed by atoms with E-state index >= 15 is 0 Å². The summed E-state index contributed by atoms with van der Waals surface area (Å²) >= 11 is 5.39. The van der Waals surface area contributed by atoms with E-state index in [0.717, 1.165) is 0 Å². The average Bonchev–Trinajstić information content (AvgIpc) is 2.18. The molecule has 0 saturated carbocycles. The maximum atomic E-state index is 11.3. The molecule has 0 aliphatic carbocycles. The molecule has 0 bridgehead atoms. The summed E-state index contributed by atoms with van der Waals surface area (Å²) in [6.07, 6.45) is 0.197. The zero-order chi connectivity index (χ0) is 10.6. The summed E-state index contributed by atoms with van der Waals surface area (Å²) in [6, 6.07) is 5.63. The number of alkyl halides is 1. The van der Waals surface area contributed by atoms with Gasteiger partial charge in [-0.25, -0.2) is 0 Å². The van der Waals surface area contributed by atoms with Crippen LogP contribution in [-0.4, -0.2) is 16.6 Å². The molecule has 0 N–H and O–H groups in total. The number of non-ortho nitro benzene ring substituents is 1. The normalized spacial score (nSPS) is 9.79. The second-order valence-corrected chi connectivity index (χ2v) is 3.05. The molecular formula is C9H8ClNO3. The van der Waals surface area contributed by atoms with Crippen molar-refractivity contribution in [3.8, 4) is 0 Å². The molecule has 0 atom stereocenters. The molecule has 0 fully saturated rings. The molecule has 74 valence electrons. The van der Waals surface area contributed by atoms with Crippen LogP contribution in [0.5, 0.6) is 0 Å². The fraction of sp³-hybridized carbons (Fsp3) is 0.222. The largest absolute Gasteiger partial charge is 0.294 e. The lowest BCUT2D eigenvalue weighted by Gasteiger charge is -1.97. The number of Topliss-reactive ketones (excluding diaryl/α,β-unsaturated/α-hetero) is 1. The number of nitro benzene ring substituents is 1. The van der Waals surface area contributed by atoms with Gasteiger partial charge in [-0.3, -0.25) is 14.9 Å². The molecule has 0 spiro atoms. The van der Waals surface area contributed by atoms with E-state index in [0.29, 0.717) is 5.56 Å². The second kappa shape index (κ2) is 4.72.